The second-order valence-electron chi connectivity index (χ2n) is 10.3. The van der Waals surface area contributed by atoms with Crippen LogP contribution >= 0.6 is 0 Å². The predicted molar refractivity (Wildman–Crippen MR) is 149 cm³/mol. The molecule has 208 valence electrons. The molecule has 2 amide bonds. The maximum atomic E-state index is 13.2. The number of nitrogens with one attached hydrogen (secondary N) is 2. The first-order chi connectivity index (χ1) is 19.3. The summed E-state index contributed by atoms with van der Waals surface area (Å²) in [4.78, 5) is 49.9. The van der Waals surface area contributed by atoms with Crippen LogP contribution in [0.5, 0.6) is 0 Å². The van der Waals surface area contributed by atoms with E-state index in [0.717, 1.165) is 47.8 Å². The van der Waals surface area contributed by atoms with Crippen molar-refractivity contribution in [1.82, 2.24) is 10.6 Å². The molecule has 2 heterocycles. The average Bonchev–Trinajstić information content (AvgIpc) is 3.30. The first-order valence-electron chi connectivity index (χ1n) is 13.6. The van der Waals surface area contributed by atoms with Gasteiger partial charge in [-0.1, -0.05) is 30.3 Å². The molecule has 0 aliphatic heterocycles. The molecule has 0 radical (unpaired) electrons. The number of furan rings is 1. The summed E-state index contributed by atoms with van der Waals surface area (Å²) in [5.74, 6) is -0.863. The monoisotopic (exact) mass is 544 g/mol. The van der Waals surface area contributed by atoms with Gasteiger partial charge in [0.05, 0.1) is 12.0 Å². The Balaban J connectivity index is 1.37. The van der Waals surface area contributed by atoms with Crippen molar-refractivity contribution in [3.05, 3.63) is 80.9 Å². The molecule has 2 aromatic heterocycles. The highest BCUT2D eigenvalue weighted by Gasteiger charge is 2.24. The Kier molecular flexibility index (Phi) is 8.00. The van der Waals surface area contributed by atoms with Crippen molar-refractivity contribution in [2.24, 2.45) is 0 Å². The Bertz CT molecular complexity index is 1630. The fraction of sp³-hybridized carbons (Fsp3) is 0.355. The predicted octanol–water partition coefficient (Wildman–Crippen LogP) is 3.98. The number of carbonyl (C=O) groups is 3. The standard InChI is InChI=1S/C31H32N2O7/c1-18-21-15-23-20-10-5-6-11-25(20)39-27(23)17-26(21)40-31(38)22(18)16-28(34)33-24(14-19-8-3-2-4-9-19)30(37)32-13-7-12-29(35)36/h2-4,8-9,15,17,24H,5-7,10-14,16H2,1H3,(H,32,37)(H,33,34)(H,35,36)/t24-/m1/s1. The van der Waals surface area contributed by atoms with Crippen molar-refractivity contribution in [1.29, 1.82) is 0 Å². The van der Waals surface area contributed by atoms with E-state index in [0.29, 0.717) is 16.7 Å². The van der Waals surface area contributed by atoms with Crippen LogP contribution in [0.25, 0.3) is 21.9 Å². The van der Waals surface area contributed by atoms with Crippen molar-refractivity contribution < 1.29 is 28.3 Å². The zero-order chi connectivity index (χ0) is 28.2. The van der Waals surface area contributed by atoms with E-state index in [2.05, 4.69) is 10.6 Å². The van der Waals surface area contributed by atoms with E-state index in [1.807, 2.05) is 36.4 Å². The topological polar surface area (TPSA) is 139 Å². The lowest BCUT2D eigenvalue weighted by Crippen LogP contribution is -2.49. The van der Waals surface area contributed by atoms with E-state index in [1.54, 1.807) is 13.0 Å². The summed E-state index contributed by atoms with van der Waals surface area (Å²) in [6.45, 7) is 1.97. The molecule has 1 aliphatic rings. The molecule has 0 saturated heterocycles. The molecule has 1 atom stereocenters. The molecule has 0 fully saturated rings. The second-order valence-corrected chi connectivity index (χ2v) is 10.3. The smallest absolute Gasteiger partial charge is 0.340 e. The quantitative estimate of drug-likeness (QED) is 0.203. The zero-order valence-corrected chi connectivity index (χ0v) is 22.4. The molecule has 0 saturated carbocycles. The van der Waals surface area contributed by atoms with E-state index in [9.17, 15) is 19.2 Å². The lowest BCUT2D eigenvalue weighted by Gasteiger charge is -2.19. The van der Waals surface area contributed by atoms with E-state index in [-0.39, 0.29) is 37.8 Å². The molecular formula is C31H32N2O7. The van der Waals surface area contributed by atoms with Crippen LogP contribution in [0, 0.1) is 6.92 Å². The molecule has 40 heavy (non-hydrogen) atoms. The number of hydrogen-bond acceptors (Lipinski definition) is 6. The van der Waals surface area contributed by atoms with Crippen LogP contribution in [0.1, 0.15) is 53.7 Å². The third-order valence-electron chi connectivity index (χ3n) is 7.50. The zero-order valence-electron chi connectivity index (χ0n) is 22.4. The third kappa shape index (κ3) is 5.93. The molecule has 0 spiro atoms. The van der Waals surface area contributed by atoms with Gasteiger partial charge in [-0.05, 0) is 49.8 Å². The van der Waals surface area contributed by atoms with Gasteiger partial charge in [0.25, 0.3) is 0 Å². The second kappa shape index (κ2) is 11.8. The lowest BCUT2D eigenvalue weighted by molar-refractivity contribution is -0.137. The molecule has 9 nitrogen and oxygen atoms in total. The molecule has 4 aromatic rings. The first-order valence-corrected chi connectivity index (χ1v) is 13.6. The van der Waals surface area contributed by atoms with Crippen molar-refractivity contribution in [2.45, 2.75) is 64.3 Å². The summed E-state index contributed by atoms with van der Waals surface area (Å²) in [6.07, 6.45) is 4.23. The minimum absolute atomic E-state index is 0.0685. The summed E-state index contributed by atoms with van der Waals surface area (Å²) in [7, 11) is 0. The van der Waals surface area contributed by atoms with Gasteiger partial charge < -0.3 is 24.6 Å². The Morgan fingerprint density at radius 1 is 1.00 bits per heavy atom. The van der Waals surface area contributed by atoms with E-state index >= 15 is 0 Å². The van der Waals surface area contributed by atoms with Gasteiger partial charge >= 0.3 is 11.6 Å². The summed E-state index contributed by atoms with van der Waals surface area (Å²) in [5, 5.41) is 16.1. The first kappa shape index (κ1) is 27.2. The van der Waals surface area contributed by atoms with Crippen LogP contribution < -0.4 is 16.3 Å². The van der Waals surface area contributed by atoms with Gasteiger partial charge in [-0.15, -0.1) is 0 Å². The molecule has 0 bridgehead atoms. The molecule has 2 aromatic carbocycles. The van der Waals surface area contributed by atoms with Crippen LogP contribution in [0.15, 0.2) is 56.1 Å². The van der Waals surface area contributed by atoms with Crippen molar-refractivity contribution in [3.8, 4) is 0 Å². The molecule has 1 aliphatic carbocycles. The number of carbonyl (C=O) groups excluding carboxylic acids is 2. The van der Waals surface area contributed by atoms with E-state index < -0.39 is 29.5 Å². The maximum absolute atomic E-state index is 13.2. The van der Waals surface area contributed by atoms with Crippen LogP contribution in [-0.2, 0) is 40.1 Å². The summed E-state index contributed by atoms with van der Waals surface area (Å²) in [6, 6.07) is 12.1. The Morgan fingerprint density at radius 2 is 1.75 bits per heavy atom. The van der Waals surface area contributed by atoms with Gasteiger partial charge in [-0.3, -0.25) is 14.4 Å². The minimum Gasteiger partial charge on any atom is -0.481 e. The number of fused-ring (bicyclic) bond motifs is 4. The SMILES string of the molecule is Cc1c(CC(=O)N[C@H](Cc2ccccc2)C(=O)NCCCC(=O)O)c(=O)oc2cc3oc4c(c3cc12)CCCC4. The fourth-order valence-electron chi connectivity index (χ4n) is 5.39. The third-order valence-corrected chi connectivity index (χ3v) is 7.50. The molecule has 0 unspecified atom stereocenters. The van der Waals surface area contributed by atoms with Crippen LogP contribution in [0.2, 0.25) is 0 Å². The summed E-state index contributed by atoms with van der Waals surface area (Å²) >= 11 is 0. The molecular weight excluding hydrogens is 512 g/mol. The van der Waals surface area contributed by atoms with E-state index in [1.165, 1.54) is 5.56 Å². The van der Waals surface area contributed by atoms with Gasteiger partial charge in [0.15, 0.2) is 0 Å². The Hall–Kier alpha value is -4.40. The van der Waals surface area contributed by atoms with E-state index in [4.69, 9.17) is 13.9 Å². The minimum atomic E-state index is -0.943. The Labute approximate surface area is 230 Å². The highest BCUT2D eigenvalue weighted by atomic mass is 16.4. The number of benzene rings is 2. The number of aliphatic carboxylic acids is 1. The van der Waals surface area contributed by atoms with Crippen molar-refractivity contribution >= 4 is 39.7 Å². The number of amides is 2. The van der Waals surface area contributed by atoms with Crippen LogP contribution in [-0.4, -0.2) is 35.5 Å². The highest BCUT2D eigenvalue weighted by Crippen LogP contribution is 2.35. The number of carboxylic acids is 1. The number of carboxylic acid groups (broad SMARTS) is 1. The Morgan fingerprint density at radius 3 is 2.52 bits per heavy atom. The lowest BCUT2D eigenvalue weighted by atomic mass is 9.94. The molecule has 3 N–H and O–H groups in total. The number of hydrogen-bond donors (Lipinski definition) is 3. The molecule has 9 heteroatoms. The van der Waals surface area contributed by atoms with Gasteiger partial charge in [0, 0.05) is 48.2 Å². The van der Waals surface area contributed by atoms with Gasteiger partial charge in [-0.2, -0.15) is 0 Å². The summed E-state index contributed by atoms with van der Waals surface area (Å²) < 4.78 is 11.7. The molecule has 5 rings (SSSR count). The normalized spacial score (nSPS) is 13.6. The number of rotatable bonds is 10. The maximum Gasteiger partial charge on any atom is 0.340 e. The van der Waals surface area contributed by atoms with Crippen molar-refractivity contribution in [3.63, 3.8) is 0 Å². The van der Waals surface area contributed by atoms with Gasteiger partial charge in [0.2, 0.25) is 11.8 Å². The average molecular weight is 545 g/mol. The van der Waals surface area contributed by atoms with Gasteiger partial charge in [-0.25, -0.2) is 4.79 Å². The van der Waals surface area contributed by atoms with Crippen LogP contribution in [0.3, 0.4) is 0 Å². The largest absolute Gasteiger partial charge is 0.481 e. The van der Waals surface area contributed by atoms with Crippen LogP contribution in [0.4, 0.5) is 0 Å². The summed E-state index contributed by atoms with van der Waals surface area (Å²) in [5.41, 5.74) is 3.45. The highest BCUT2D eigenvalue weighted by molar-refractivity contribution is 5.97. The van der Waals surface area contributed by atoms with Crippen molar-refractivity contribution in [2.75, 3.05) is 6.54 Å². The fourth-order valence-corrected chi connectivity index (χ4v) is 5.39. The number of aryl methyl sites for hydroxylation is 3. The van der Waals surface area contributed by atoms with Gasteiger partial charge in [0.1, 0.15) is 23.0 Å².